The van der Waals surface area contributed by atoms with Gasteiger partial charge in [-0.15, -0.1) is 0 Å². The molecule has 0 radical (unpaired) electrons. The van der Waals surface area contributed by atoms with E-state index in [1.54, 1.807) is 12.4 Å². The molecule has 0 aliphatic carbocycles. The highest BCUT2D eigenvalue weighted by molar-refractivity contribution is 5.73. The first-order valence-electron chi connectivity index (χ1n) is 8.87. The van der Waals surface area contributed by atoms with Gasteiger partial charge in [-0.25, -0.2) is 9.78 Å². The van der Waals surface area contributed by atoms with Crippen LogP contribution >= 0.6 is 0 Å². The summed E-state index contributed by atoms with van der Waals surface area (Å²) in [5.41, 5.74) is 1.78. The van der Waals surface area contributed by atoms with Crippen LogP contribution in [0, 0.1) is 0 Å². The van der Waals surface area contributed by atoms with Crippen molar-refractivity contribution in [1.82, 2.24) is 20.6 Å². The van der Waals surface area contributed by atoms with Crippen LogP contribution in [0.2, 0.25) is 0 Å². The number of carbonyl (C=O) groups is 1. The van der Waals surface area contributed by atoms with Gasteiger partial charge in [-0.3, -0.25) is 4.98 Å². The maximum Gasteiger partial charge on any atom is 0.315 e. The number of pyridine rings is 2. The van der Waals surface area contributed by atoms with Crippen LogP contribution in [0.25, 0.3) is 0 Å². The summed E-state index contributed by atoms with van der Waals surface area (Å²) in [4.78, 5) is 22.8. The topological polar surface area (TPSA) is 79.4 Å². The normalized spacial score (nSPS) is 19.8. The van der Waals surface area contributed by atoms with Crippen molar-refractivity contribution in [2.24, 2.45) is 0 Å². The number of amides is 2. The molecular weight excluding hydrogens is 330 g/mol. The Morgan fingerprint density at radius 1 is 1.12 bits per heavy atom. The summed E-state index contributed by atoms with van der Waals surface area (Å²) in [6.07, 6.45) is 3.91. The minimum atomic E-state index is -0.226. The summed E-state index contributed by atoms with van der Waals surface area (Å²) in [5.74, 6) is 0.940. The van der Waals surface area contributed by atoms with Crippen LogP contribution < -0.4 is 15.5 Å². The highest BCUT2D eigenvalue weighted by Gasteiger charge is 2.22. The molecule has 2 N–H and O–H groups in total. The van der Waals surface area contributed by atoms with Gasteiger partial charge in [0.15, 0.2) is 0 Å². The molecule has 1 saturated heterocycles. The van der Waals surface area contributed by atoms with Crippen molar-refractivity contribution in [1.29, 1.82) is 0 Å². The van der Waals surface area contributed by atoms with Crippen LogP contribution in [0.1, 0.15) is 25.1 Å². The maximum atomic E-state index is 11.9. The van der Waals surface area contributed by atoms with Crippen molar-refractivity contribution in [2.45, 2.75) is 39.1 Å². The van der Waals surface area contributed by atoms with E-state index in [1.807, 2.05) is 30.3 Å². The quantitative estimate of drug-likeness (QED) is 0.859. The Balaban J connectivity index is 1.46. The van der Waals surface area contributed by atoms with E-state index < -0.39 is 0 Å². The largest absolute Gasteiger partial charge is 0.372 e. The number of ether oxygens (including phenoxy) is 1. The molecule has 1 aliphatic rings. The molecule has 0 spiro atoms. The molecule has 2 aromatic heterocycles. The Kier molecular flexibility index (Phi) is 6.01. The summed E-state index contributed by atoms with van der Waals surface area (Å²) >= 11 is 0. The van der Waals surface area contributed by atoms with Gasteiger partial charge in [-0.1, -0.05) is 12.1 Å². The number of nitrogens with zero attached hydrogens (tertiary/aromatic N) is 3. The Labute approximate surface area is 153 Å². The van der Waals surface area contributed by atoms with Gasteiger partial charge in [0.1, 0.15) is 5.82 Å². The summed E-state index contributed by atoms with van der Waals surface area (Å²) in [5, 5.41) is 5.62. The lowest BCUT2D eigenvalue weighted by Gasteiger charge is -2.36. The molecule has 2 amide bonds. The Bertz CT molecular complexity index is 698. The minimum absolute atomic E-state index is 0.199. The van der Waals surface area contributed by atoms with E-state index in [9.17, 15) is 4.79 Å². The lowest BCUT2D eigenvalue weighted by atomic mass is 10.2. The number of hydrogen-bond donors (Lipinski definition) is 2. The number of nitrogens with one attached hydrogen (secondary N) is 2. The van der Waals surface area contributed by atoms with Gasteiger partial charge < -0.3 is 20.3 Å². The van der Waals surface area contributed by atoms with E-state index >= 15 is 0 Å². The van der Waals surface area contributed by atoms with Crippen molar-refractivity contribution >= 4 is 11.8 Å². The molecule has 26 heavy (non-hydrogen) atoms. The van der Waals surface area contributed by atoms with Gasteiger partial charge in [0.2, 0.25) is 0 Å². The molecule has 1 fully saturated rings. The van der Waals surface area contributed by atoms with E-state index in [-0.39, 0.29) is 18.2 Å². The van der Waals surface area contributed by atoms with Crippen LogP contribution in [-0.4, -0.2) is 41.3 Å². The standard InChI is InChI=1S/C19H25N5O2/c1-14-12-24(13-15(2)26-14)18-7-6-16(9-21-18)10-22-19(25)23-11-17-5-3-4-8-20-17/h3-9,14-15H,10-13H2,1-2H3,(H2,22,23,25). The van der Waals surface area contributed by atoms with Crippen molar-refractivity contribution in [3.8, 4) is 0 Å². The van der Waals surface area contributed by atoms with Crippen LogP contribution in [-0.2, 0) is 17.8 Å². The lowest BCUT2D eigenvalue weighted by Crippen LogP contribution is -2.45. The van der Waals surface area contributed by atoms with Crippen LogP contribution in [0.3, 0.4) is 0 Å². The number of morpholine rings is 1. The molecular formula is C19H25N5O2. The molecule has 2 unspecified atom stereocenters. The molecule has 0 aromatic carbocycles. The predicted molar refractivity (Wildman–Crippen MR) is 99.8 cm³/mol. The zero-order chi connectivity index (χ0) is 18.4. The summed E-state index contributed by atoms with van der Waals surface area (Å²) in [6.45, 7) is 6.65. The van der Waals surface area contributed by atoms with Crippen LogP contribution in [0.15, 0.2) is 42.7 Å². The monoisotopic (exact) mass is 355 g/mol. The molecule has 7 nitrogen and oxygen atoms in total. The first-order valence-corrected chi connectivity index (χ1v) is 8.87. The van der Waals surface area contributed by atoms with E-state index in [2.05, 4.69) is 39.3 Å². The summed E-state index contributed by atoms with van der Waals surface area (Å²) < 4.78 is 5.75. The average Bonchev–Trinajstić information content (AvgIpc) is 2.65. The Morgan fingerprint density at radius 2 is 1.88 bits per heavy atom. The maximum absolute atomic E-state index is 11.9. The summed E-state index contributed by atoms with van der Waals surface area (Å²) in [7, 11) is 0. The third kappa shape index (κ3) is 5.16. The molecule has 0 saturated carbocycles. The smallest absolute Gasteiger partial charge is 0.315 e. The van der Waals surface area contributed by atoms with Crippen molar-refractivity contribution in [3.05, 3.63) is 54.0 Å². The lowest BCUT2D eigenvalue weighted by molar-refractivity contribution is -0.00546. The number of rotatable bonds is 5. The Hall–Kier alpha value is -2.67. The molecule has 1 aliphatic heterocycles. The number of hydrogen-bond acceptors (Lipinski definition) is 5. The fourth-order valence-corrected chi connectivity index (χ4v) is 2.99. The third-order valence-corrected chi connectivity index (χ3v) is 4.16. The molecule has 3 rings (SSSR count). The van der Waals surface area contributed by atoms with Gasteiger partial charge in [-0.2, -0.15) is 0 Å². The van der Waals surface area contributed by atoms with E-state index in [0.29, 0.717) is 13.1 Å². The summed E-state index contributed by atoms with van der Waals surface area (Å²) in [6, 6.07) is 9.37. The van der Waals surface area contributed by atoms with E-state index in [1.165, 1.54) is 0 Å². The number of carbonyl (C=O) groups excluding carboxylic acids is 1. The first kappa shape index (κ1) is 18.1. The molecule has 3 heterocycles. The molecule has 138 valence electrons. The fourth-order valence-electron chi connectivity index (χ4n) is 2.99. The van der Waals surface area contributed by atoms with E-state index in [4.69, 9.17) is 4.74 Å². The van der Waals surface area contributed by atoms with E-state index in [0.717, 1.165) is 30.2 Å². The van der Waals surface area contributed by atoms with Gasteiger partial charge in [-0.05, 0) is 37.6 Å². The molecule has 7 heteroatoms. The van der Waals surface area contributed by atoms with Gasteiger partial charge in [0.05, 0.1) is 24.4 Å². The highest BCUT2D eigenvalue weighted by atomic mass is 16.5. The van der Waals surface area contributed by atoms with Gasteiger partial charge in [0, 0.05) is 32.0 Å². The minimum Gasteiger partial charge on any atom is -0.372 e. The number of anilines is 1. The Morgan fingerprint density at radius 3 is 2.54 bits per heavy atom. The van der Waals surface area contributed by atoms with Crippen LogP contribution in [0.4, 0.5) is 10.6 Å². The zero-order valence-electron chi connectivity index (χ0n) is 15.2. The first-order chi connectivity index (χ1) is 12.6. The SMILES string of the molecule is CC1CN(c2ccc(CNC(=O)NCc3ccccn3)cn2)CC(C)O1. The second-order valence-corrected chi connectivity index (χ2v) is 6.54. The average molecular weight is 355 g/mol. The second kappa shape index (κ2) is 8.62. The van der Waals surface area contributed by atoms with Crippen molar-refractivity contribution < 1.29 is 9.53 Å². The molecule has 0 bridgehead atoms. The van der Waals surface area contributed by atoms with Gasteiger partial charge >= 0.3 is 6.03 Å². The predicted octanol–water partition coefficient (Wildman–Crippen LogP) is 2.09. The molecule has 2 atom stereocenters. The van der Waals surface area contributed by atoms with Crippen LogP contribution in [0.5, 0.6) is 0 Å². The number of urea groups is 1. The van der Waals surface area contributed by atoms with Crippen molar-refractivity contribution in [2.75, 3.05) is 18.0 Å². The highest BCUT2D eigenvalue weighted by Crippen LogP contribution is 2.18. The second-order valence-electron chi connectivity index (χ2n) is 6.54. The number of aromatic nitrogens is 2. The zero-order valence-corrected chi connectivity index (χ0v) is 15.2. The molecule has 2 aromatic rings. The van der Waals surface area contributed by atoms with Gasteiger partial charge in [0.25, 0.3) is 0 Å². The third-order valence-electron chi connectivity index (χ3n) is 4.16. The fraction of sp³-hybridized carbons (Fsp3) is 0.421. The van der Waals surface area contributed by atoms with Crippen molar-refractivity contribution in [3.63, 3.8) is 0 Å².